The third-order valence-corrected chi connectivity index (χ3v) is 6.88. The standard InChI is InChI=1S/C26H31N7O7/c27-17(9-15-12-28-13-30-15)25(38)33-7-3-6-21(33)24(37)31-19(23(36)32-20(26(39)40)10-22(34)35)8-14-11-29-18-5-2-1-4-16(14)18/h1-2,4-5,11-13,17,19-21,29H,3,6-10,27H2,(H,28,30)(H,31,37)(H,32,36)(H,34,35)(H,39,40). The van der Waals surface area contributed by atoms with Gasteiger partial charge in [0.05, 0.1) is 18.8 Å². The van der Waals surface area contributed by atoms with Gasteiger partial charge in [-0.15, -0.1) is 0 Å². The van der Waals surface area contributed by atoms with Crippen LogP contribution in [-0.4, -0.2) is 90.4 Å². The summed E-state index contributed by atoms with van der Waals surface area (Å²) >= 11 is 0. The largest absolute Gasteiger partial charge is 0.481 e. The van der Waals surface area contributed by atoms with Crippen LogP contribution in [0.1, 0.15) is 30.5 Å². The minimum absolute atomic E-state index is 0.0129. The molecule has 0 saturated carbocycles. The van der Waals surface area contributed by atoms with Crippen LogP contribution in [0.3, 0.4) is 0 Å². The van der Waals surface area contributed by atoms with Crippen LogP contribution in [0.15, 0.2) is 43.0 Å². The second-order valence-electron chi connectivity index (χ2n) is 9.70. The van der Waals surface area contributed by atoms with Crippen molar-refractivity contribution in [2.24, 2.45) is 5.73 Å². The second kappa shape index (κ2) is 12.4. The fourth-order valence-corrected chi connectivity index (χ4v) is 4.88. The molecular formula is C26H31N7O7. The van der Waals surface area contributed by atoms with Crippen molar-refractivity contribution in [1.82, 2.24) is 30.5 Å². The van der Waals surface area contributed by atoms with Crippen LogP contribution in [0.4, 0.5) is 0 Å². The van der Waals surface area contributed by atoms with E-state index in [0.29, 0.717) is 30.6 Å². The quantitative estimate of drug-likeness (QED) is 0.154. The second-order valence-corrected chi connectivity index (χ2v) is 9.70. The molecule has 3 amide bonds. The summed E-state index contributed by atoms with van der Waals surface area (Å²) in [5.41, 5.74) is 8.28. The van der Waals surface area contributed by atoms with Gasteiger partial charge in [0.1, 0.15) is 18.1 Å². The van der Waals surface area contributed by atoms with Gasteiger partial charge >= 0.3 is 11.9 Å². The molecule has 4 atom stereocenters. The molecule has 3 heterocycles. The first-order chi connectivity index (χ1) is 19.1. The van der Waals surface area contributed by atoms with E-state index in [-0.39, 0.29) is 12.8 Å². The molecule has 1 saturated heterocycles. The molecule has 1 fully saturated rings. The maximum atomic E-state index is 13.4. The Morgan fingerprint density at radius 1 is 1.07 bits per heavy atom. The lowest BCUT2D eigenvalue weighted by Gasteiger charge is -2.28. The van der Waals surface area contributed by atoms with Gasteiger partial charge in [-0.1, -0.05) is 18.2 Å². The van der Waals surface area contributed by atoms with Gasteiger partial charge in [0.2, 0.25) is 17.7 Å². The summed E-state index contributed by atoms with van der Waals surface area (Å²) in [6.45, 7) is 0.312. The van der Waals surface area contributed by atoms with E-state index < -0.39 is 60.2 Å². The van der Waals surface area contributed by atoms with Crippen LogP contribution in [0.5, 0.6) is 0 Å². The molecule has 14 heteroatoms. The number of carboxylic acid groups (broad SMARTS) is 2. The number of H-pyrrole nitrogens is 2. The predicted molar refractivity (Wildman–Crippen MR) is 141 cm³/mol. The van der Waals surface area contributed by atoms with E-state index in [4.69, 9.17) is 10.8 Å². The minimum Gasteiger partial charge on any atom is -0.481 e. The third-order valence-electron chi connectivity index (χ3n) is 6.88. The molecule has 4 rings (SSSR count). The van der Waals surface area contributed by atoms with E-state index >= 15 is 0 Å². The monoisotopic (exact) mass is 553 g/mol. The van der Waals surface area contributed by atoms with Crippen LogP contribution < -0.4 is 16.4 Å². The molecule has 40 heavy (non-hydrogen) atoms. The number of hydrogen-bond donors (Lipinski definition) is 7. The van der Waals surface area contributed by atoms with Gasteiger partial charge in [0.25, 0.3) is 0 Å². The van der Waals surface area contributed by atoms with Crippen molar-refractivity contribution in [1.29, 1.82) is 0 Å². The average molecular weight is 554 g/mol. The smallest absolute Gasteiger partial charge is 0.326 e. The van der Waals surface area contributed by atoms with Gasteiger partial charge in [-0.05, 0) is 24.5 Å². The number of aromatic amines is 2. The first kappa shape index (κ1) is 28.3. The van der Waals surface area contributed by atoms with Gasteiger partial charge in [0.15, 0.2) is 0 Å². The van der Waals surface area contributed by atoms with Crippen LogP contribution >= 0.6 is 0 Å². The zero-order chi connectivity index (χ0) is 28.8. The maximum absolute atomic E-state index is 13.4. The van der Waals surface area contributed by atoms with Crippen molar-refractivity contribution in [2.45, 2.75) is 56.3 Å². The normalized spacial score (nSPS) is 17.2. The number of fused-ring (bicyclic) bond motifs is 1. The number of hydrogen-bond acceptors (Lipinski definition) is 7. The van der Waals surface area contributed by atoms with Gasteiger partial charge in [-0.25, -0.2) is 9.78 Å². The molecular weight excluding hydrogens is 522 g/mol. The molecule has 3 aromatic rings. The Hall–Kier alpha value is -4.72. The molecule has 0 radical (unpaired) electrons. The highest BCUT2D eigenvalue weighted by Crippen LogP contribution is 2.22. The Kier molecular flexibility index (Phi) is 8.79. The lowest BCUT2D eigenvalue weighted by atomic mass is 10.0. The Labute approximate surface area is 228 Å². The summed E-state index contributed by atoms with van der Waals surface area (Å²) in [4.78, 5) is 73.8. The van der Waals surface area contributed by atoms with Crippen LogP contribution in [0.2, 0.25) is 0 Å². The topological polar surface area (TPSA) is 224 Å². The van der Waals surface area contributed by atoms with E-state index in [2.05, 4.69) is 25.6 Å². The van der Waals surface area contributed by atoms with E-state index in [0.717, 1.165) is 10.9 Å². The summed E-state index contributed by atoms with van der Waals surface area (Å²) in [5, 5.41) is 24.2. The zero-order valence-corrected chi connectivity index (χ0v) is 21.5. The van der Waals surface area contributed by atoms with E-state index in [9.17, 15) is 29.1 Å². The highest BCUT2D eigenvalue weighted by Gasteiger charge is 2.38. The van der Waals surface area contributed by atoms with Gasteiger partial charge in [-0.3, -0.25) is 19.2 Å². The molecule has 212 valence electrons. The fraction of sp³-hybridized carbons (Fsp3) is 0.385. The number of carbonyl (C=O) groups excluding carboxylic acids is 3. The number of benzene rings is 1. The molecule has 0 spiro atoms. The van der Waals surface area contributed by atoms with Crippen molar-refractivity contribution < 1.29 is 34.2 Å². The third kappa shape index (κ3) is 6.64. The molecule has 8 N–H and O–H groups in total. The molecule has 1 aliphatic heterocycles. The lowest BCUT2D eigenvalue weighted by molar-refractivity contribution is -0.147. The molecule has 2 aromatic heterocycles. The number of amides is 3. The SMILES string of the molecule is NC(Cc1cnc[nH]1)C(=O)N1CCCC1C(=O)NC(Cc1c[nH]c2ccccc12)C(=O)NC(CC(=O)O)C(=O)O. The predicted octanol–water partition coefficient (Wildman–Crippen LogP) is -0.477. The number of aliphatic carboxylic acids is 2. The molecule has 0 aliphatic carbocycles. The van der Waals surface area contributed by atoms with Crippen LogP contribution in [0, 0.1) is 0 Å². The molecule has 4 unspecified atom stereocenters. The Morgan fingerprint density at radius 2 is 1.85 bits per heavy atom. The number of imidazole rings is 1. The highest BCUT2D eigenvalue weighted by molar-refractivity contribution is 5.95. The highest BCUT2D eigenvalue weighted by atomic mass is 16.4. The average Bonchev–Trinajstić information content (AvgIpc) is 3.68. The Balaban J connectivity index is 1.52. The summed E-state index contributed by atoms with van der Waals surface area (Å²) in [6.07, 6.45) is 4.98. The lowest BCUT2D eigenvalue weighted by Crippen LogP contribution is -2.57. The number of para-hydroxylation sites is 1. The minimum atomic E-state index is -1.70. The van der Waals surface area contributed by atoms with Gasteiger partial charge < -0.3 is 41.4 Å². The van der Waals surface area contributed by atoms with Crippen molar-refractivity contribution in [3.8, 4) is 0 Å². The molecule has 1 aliphatic rings. The number of aromatic nitrogens is 3. The summed E-state index contributed by atoms with van der Waals surface area (Å²) in [7, 11) is 0. The first-order valence-electron chi connectivity index (χ1n) is 12.8. The number of nitrogens with zero attached hydrogens (tertiary/aromatic N) is 2. The fourth-order valence-electron chi connectivity index (χ4n) is 4.88. The van der Waals surface area contributed by atoms with Crippen molar-refractivity contribution in [3.63, 3.8) is 0 Å². The van der Waals surface area contributed by atoms with Crippen LogP contribution in [-0.2, 0) is 36.8 Å². The first-order valence-corrected chi connectivity index (χ1v) is 12.8. The van der Waals surface area contributed by atoms with Crippen molar-refractivity contribution >= 4 is 40.6 Å². The number of likely N-dealkylation sites (tertiary alicyclic amines) is 1. The van der Waals surface area contributed by atoms with Gasteiger partial charge in [0, 0.05) is 48.4 Å². The number of nitrogens with two attached hydrogens (primary N) is 1. The van der Waals surface area contributed by atoms with E-state index in [1.54, 1.807) is 12.4 Å². The number of carbonyl (C=O) groups is 5. The van der Waals surface area contributed by atoms with E-state index in [1.165, 1.54) is 11.2 Å². The van der Waals surface area contributed by atoms with Crippen molar-refractivity contribution in [3.05, 3.63) is 54.2 Å². The van der Waals surface area contributed by atoms with Crippen molar-refractivity contribution in [2.75, 3.05) is 6.54 Å². The summed E-state index contributed by atoms with van der Waals surface area (Å²) < 4.78 is 0. The van der Waals surface area contributed by atoms with Gasteiger partial charge in [-0.2, -0.15) is 0 Å². The maximum Gasteiger partial charge on any atom is 0.326 e. The molecule has 1 aromatic carbocycles. The summed E-state index contributed by atoms with van der Waals surface area (Å²) in [5.74, 6) is -4.80. The summed E-state index contributed by atoms with van der Waals surface area (Å²) in [6, 6.07) is 2.58. The van der Waals surface area contributed by atoms with E-state index in [1.807, 2.05) is 24.3 Å². The number of nitrogens with one attached hydrogen (secondary N) is 4. The zero-order valence-electron chi connectivity index (χ0n) is 21.5. The number of rotatable bonds is 12. The molecule has 14 nitrogen and oxygen atoms in total. The van der Waals surface area contributed by atoms with Crippen LogP contribution in [0.25, 0.3) is 10.9 Å². The Morgan fingerprint density at radius 3 is 2.55 bits per heavy atom. The number of carboxylic acids is 2. The molecule has 0 bridgehead atoms. The Bertz CT molecular complexity index is 1390.